The number of rotatable bonds is 7. The van der Waals surface area contributed by atoms with Crippen molar-refractivity contribution in [1.29, 1.82) is 5.26 Å². The van der Waals surface area contributed by atoms with Crippen molar-refractivity contribution >= 4 is 34.0 Å². The average Bonchev–Trinajstić information content (AvgIpc) is 3.27. The molecule has 8 nitrogen and oxygen atoms in total. The predicted molar refractivity (Wildman–Crippen MR) is 131 cm³/mol. The number of ether oxygens (including phenoxy) is 1. The van der Waals surface area contributed by atoms with Crippen LogP contribution in [0.15, 0.2) is 65.0 Å². The Morgan fingerprint density at radius 1 is 1.21 bits per heavy atom. The van der Waals surface area contributed by atoms with Gasteiger partial charge in [0.15, 0.2) is 0 Å². The average molecular weight is 472 g/mol. The highest BCUT2D eigenvalue weighted by atomic mass is 32.1. The molecule has 2 heterocycles. The van der Waals surface area contributed by atoms with Crippen LogP contribution in [0.2, 0.25) is 0 Å². The summed E-state index contributed by atoms with van der Waals surface area (Å²) < 4.78 is 7.06. The van der Waals surface area contributed by atoms with Crippen LogP contribution < -0.4 is 15.6 Å². The molecule has 2 aromatic carbocycles. The maximum absolute atomic E-state index is 12.4. The van der Waals surface area contributed by atoms with Gasteiger partial charge in [-0.15, -0.1) is 0 Å². The Bertz CT molecular complexity index is 1460. The van der Waals surface area contributed by atoms with Gasteiger partial charge in [-0.2, -0.15) is 14.9 Å². The molecule has 0 unspecified atom stereocenters. The zero-order chi connectivity index (χ0) is 24.1. The van der Waals surface area contributed by atoms with Crippen LogP contribution in [-0.4, -0.2) is 20.5 Å². The Balaban J connectivity index is 1.42. The lowest BCUT2D eigenvalue weighted by atomic mass is 10.1. The van der Waals surface area contributed by atoms with Crippen molar-refractivity contribution in [2.75, 3.05) is 5.32 Å². The van der Waals surface area contributed by atoms with Crippen LogP contribution in [0.5, 0.6) is 5.75 Å². The quantitative estimate of drug-likeness (QED) is 0.320. The minimum atomic E-state index is -0.478. The highest BCUT2D eigenvalue weighted by Gasteiger charge is 2.11. The molecule has 0 fully saturated rings. The van der Waals surface area contributed by atoms with Crippen LogP contribution in [0.3, 0.4) is 0 Å². The molecule has 0 spiro atoms. The zero-order valence-corrected chi connectivity index (χ0v) is 19.4. The van der Waals surface area contributed by atoms with Gasteiger partial charge in [-0.1, -0.05) is 48.1 Å². The Labute approximate surface area is 199 Å². The molecule has 2 aromatic heterocycles. The van der Waals surface area contributed by atoms with Crippen LogP contribution in [0.4, 0.5) is 5.69 Å². The number of aryl methyl sites for hydroxylation is 2. The molecule has 0 radical (unpaired) electrons. The van der Waals surface area contributed by atoms with E-state index in [1.165, 1.54) is 28.0 Å². The van der Waals surface area contributed by atoms with Crippen LogP contribution in [0, 0.1) is 18.3 Å². The summed E-state index contributed by atoms with van der Waals surface area (Å²) in [7, 11) is 0. The summed E-state index contributed by atoms with van der Waals surface area (Å²) >= 11 is 1.38. The number of carbonyl (C=O) groups excluding carboxylic acids is 1. The van der Waals surface area contributed by atoms with Gasteiger partial charge in [0, 0.05) is 11.8 Å². The molecule has 4 aromatic rings. The van der Waals surface area contributed by atoms with Crippen molar-refractivity contribution in [3.05, 3.63) is 92.4 Å². The number of nitrogens with zero attached hydrogens (tertiary/aromatic N) is 4. The summed E-state index contributed by atoms with van der Waals surface area (Å²) in [5.74, 6) is 0.0917. The fourth-order valence-corrected chi connectivity index (χ4v) is 3.94. The van der Waals surface area contributed by atoms with E-state index in [-0.39, 0.29) is 17.7 Å². The van der Waals surface area contributed by atoms with Crippen LogP contribution >= 0.6 is 11.3 Å². The van der Waals surface area contributed by atoms with Gasteiger partial charge in [0.2, 0.25) is 4.96 Å². The molecular weight excluding hydrogens is 450 g/mol. The molecule has 0 atom stereocenters. The van der Waals surface area contributed by atoms with E-state index in [0.717, 1.165) is 17.0 Å². The van der Waals surface area contributed by atoms with Crippen molar-refractivity contribution < 1.29 is 9.53 Å². The third-order valence-electron chi connectivity index (χ3n) is 4.89. The van der Waals surface area contributed by atoms with Crippen molar-refractivity contribution in [3.8, 4) is 11.8 Å². The molecule has 1 amide bonds. The van der Waals surface area contributed by atoms with Gasteiger partial charge in [0.25, 0.3) is 11.5 Å². The van der Waals surface area contributed by atoms with Gasteiger partial charge in [0.05, 0.1) is 5.69 Å². The first-order valence-electron chi connectivity index (χ1n) is 10.6. The Kier molecular flexibility index (Phi) is 6.80. The van der Waals surface area contributed by atoms with Gasteiger partial charge in [-0.3, -0.25) is 9.59 Å². The minimum Gasteiger partial charge on any atom is -0.487 e. The van der Waals surface area contributed by atoms with Crippen LogP contribution in [0.25, 0.3) is 11.0 Å². The lowest BCUT2D eigenvalue weighted by Crippen LogP contribution is -2.16. The van der Waals surface area contributed by atoms with E-state index in [0.29, 0.717) is 27.7 Å². The van der Waals surface area contributed by atoms with Crippen LogP contribution in [0.1, 0.15) is 28.8 Å². The third kappa shape index (κ3) is 5.36. The van der Waals surface area contributed by atoms with E-state index in [1.807, 2.05) is 32.0 Å². The van der Waals surface area contributed by atoms with E-state index in [9.17, 15) is 14.9 Å². The molecular formula is C25H21N5O3S. The fraction of sp³-hybridized carbons (Fsp3) is 0.160. The number of anilines is 1. The maximum atomic E-state index is 12.4. The predicted octanol–water partition coefficient (Wildman–Crippen LogP) is 4.15. The molecule has 0 aliphatic heterocycles. The Morgan fingerprint density at radius 3 is 2.62 bits per heavy atom. The number of nitrogens with one attached hydrogen (secondary N) is 1. The number of hydrogen-bond acceptors (Lipinski definition) is 7. The van der Waals surface area contributed by atoms with E-state index < -0.39 is 5.91 Å². The van der Waals surface area contributed by atoms with Gasteiger partial charge in [-0.25, -0.2) is 4.98 Å². The molecule has 1 N–H and O–H groups in total. The molecule has 9 heteroatoms. The molecule has 0 aliphatic carbocycles. The largest absolute Gasteiger partial charge is 0.487 e. The second-order valence-electron chi connectivity index (χ2n) is 7.48. The lowest BCUT2D eigenvalue weighted by Gasteiger charge is -2.07. The van der Waals surface area contributed by atoms with Gasteiger partial charge >= 0.3 is 0 Å². The van der Waals surface area contributed by atoms with E-state index in [4.69, 9.17) is 4.74 Å². The van der Waals surface area contributed by atoms with Crippen molar-refractivity contribution in [2.45, 2.75) is 26.9 Å². The molecule has 34 heavy (non-hydrogen) atoms. The second kappa shape index (κ2) is 10.1. The number of nitriles is 1. The normalized spacial score (nSPS) is 11.3. The van der Waals surface area contributed by atoms with E-state index in [1.54, 1.807) is 36.4 Å². The first kappa shape index (κ1) is 22.9. The zero-order valence-electron chi connectivity index (χ0n) is 18.6. The first-order valence-corrected chi connectivity index (χ1v) is 11.4. The first-order chi connectivity index (χ1) is 16.4. The van der Waals surface area contributed by atoms with E-state index >= 15 is 0 Å². The van der Waals surface area contributed by atoms with Crippen LogP contribution in [-0.2, 0) is 17.8 Å². The number of amides is 1. The van der Waals surface area contributed by atoms with Gasteiger partial charge < -0.3 is 10.1 Å². The molecule has 0 saturated heterocycles. The molecule has 4 rings (SSSR count). The fourth-order valence-electron chi connectivity index (χ4n) is 3.08. The summed E-state index contributed by atoms with van der Waals surface area (Å²) in [5.41, 5.74) is 2.64. The minimum absolute atomic E-state index is 0.0109. The number of benzene rings is 2. The van der Waals surface area contributed by atoms with Crippen molar-refractivity contribution in [3.63, 3.8) is 0 Å². The number of fused-ring (bicyclic) bond motifs is 1. The lowest BCUT2D eigenvalue weighted by molar-refractivity contribution is -0.112. The second-order valence-corrected chi connectivity index (χ2v) is 8.52. The highest BCUT2D eigenvalue weighted by Crippen LogP contribution is 2.18. The summed E-state index contributed by atoms with van der Waals surface area (Å²) in [5, 5.41) is 17.2. The van der Waals surface area contributed by atoms with Gasteiger partial charge in [-0.05, 0) is 49.2 Å². The SMILES string of the molecule is CCc1nn2c(=O)cc(COc3ccc(/C=C(\C#N)C(=O)Nc4ccc(C)cc4)cc3)nc2s1. The molecule has 0 aliphatic rings. The van der Waals surface area contributed by atoms with Crippen molar-refractivity contribution in [1.82, 2.24) is 14.6 Å². The highest BCUT2D eigenvalue weighted by molar-refractivity contribution is 7.16. The number of aromatic nitrogens is 3. The summed E-state index contributed by atoms with van der Waals surface area (Å²) in [6, 6.07) is 17.6. The van der Waals surface area contributed by atoms with Gasteiger partial charge in [0.1, 0.15) is 29.0 Å². The molecule has 0 saturated carbocycles. The van der Waals surface area contributed by atoms with E-state index in [2.05, 4.69) is 15.4 Å². The molecule has 0 bridgehead atoms. The summed E-state index contributed by atoms with van der Waals surface area (Å²) in [6.45, 7) is 4.06. The summed E-state index contributed by atoms with van der Waals surface area (Å²) in [4.78, 5) is 29.7. The Morgan fingerprint density at radius 2 is 1.94 bits per heavy atom. The maximum Gasteiger partial charge on any atom is 0.275 e. The standard InChI is InChI=1S/C25H21N5O3S/c1-3-22-29-30-23(31)13-20(28-25(30)34-22)15-33-21-10-6-17(7-11-21)12-18(14-26)24(32)27-19-8-4-16(2)5-9-19/h4-13H,3,15H2,1-2H3,(H,27,32)/b18-12+. The summed E-state index contributed by atoms with van der Waals surface area (Å²) in [6.07, 6.45) is 2.25. The Hall–Kier alpha value is -4.29. The molecule has 170 valence electrons. The topological polar surface area (TPSA) is 109 Å². The van der Waals surface area contributed by atoms with Crippen molar-refractivity contribution in [2.24, 2.45) is 0 Å². The third-order valence-corrected chi connectivity index (χ3v) is 5.95. The number of hydrogen-bond donors (Lipinski definition) is 1. The number of carbonyl (C=O) groups is 1. The smallest absolute Gasteiger partial charge is 0.275 e. The monoisotopic (exact) mass is 471 g/mol.